The zero-order valence-electron chi connectivity index (χ0n) is 9.95. The van der Waals surface area contributed by atoms with Crippen molar-refractivity contribution in [2.45, 2.75) is 44.8 Å². The Labute approximate surface area is 91.8 Å². The molecule has 88 valence electrons. The maximum atomic E-state index is 12.0. The van der Waals surface area contributed by atoms with Gasteiger partial charge in [0.1, 0.15) is 6.10 Å². The van der Waals surface area contributed by atoms with Crippen molar-refractivity contribution in [3.63, 3.8) is 0 Å². The first-order valence-corrected chi connectivity index (χ1v) is 5.58. The fourth-order valence-electron chi connectivity index (χ4n) is 1.59. The largest absolute Gasteiger partial charge is 0.368 e. The molecule has 1 rings (SSSR count). The monoisotopic (exact) mass is 214 g/mol. The number of rotatable bonds is 3. The van der Waals surface area contributed by atoms with Gasteiger partial charge in [-0.1, -0.05) is 0 Å². The van der Waals surface area contributed by atoms with Crippen LogP contribution < -0.4 is 5.73 Å². The summed E-state index contributed by atoms with van der Waals surface area (Å²) in [6, 6.07) is 0. The van der Waals surface area contributed by atoms with E-state index in [1.165, 1.54) is 0 Å². The lowest BCUT2D eigenvalue weighted by Crippen LogP contribution is -2.53. The lowest BCUT2D eigenvalue weighted by atomic mass is 10.0. The number of hydrogen-bond donors (Lipinski definition) is 1. The molecule has 1 saturated heterocycles. The lowest BCUT2D eigenvalue weighted by Gasteiger charge is -2.37. The van der Waals surface area contributed by atoms with Crippen LogP contribution in [0.2, 0.25) is 0 Å². The van der Waals surface area contributed by atoms with Crippen molar-refractivity contribution in [1.82, 2.24) is 4.90 Å². The van der Waals surface area contributed by atoms with Crippen molar-refractivity contribution < 1.29 is 9.53 Å². The number of likely N-dealkylation sites (N-methyl/N-ethyl adjacent to an activating group) is 1. The molecule has 1 unspecified atom stereocenters. The normalized spacial score (nSPS) is 22.5. The van der Waals surface area contributed by atoms with E-state index >= 15 is 0 Å². The number of carbonyl (C=O) groups excluding carboxylic acids is 1. The Morgan fingerprint density at radius 2 is 2.20 bits per heavy atom. The molecular weight excluding hydrogens is 192 g/mol. The molecule has 1 fully saturated rings. The molecule has 0 radical (unpaired) electrons. The summed E-state index contributed by atoms with van der Waals surface area (Å²) in [7, 11) is 1.80. The van der Waals surface area contributed by atoms with Gasteiger partial charge in [-0.05, 0) is 33.1 Å². The molecule has 0 aromatic carbocycles. The maximum absolute atomic E-state index is 12.0. The molecule has 1 aliphatic rings. The van der Waals surface area contributed by atoms with Crippen LogP contribution in [0.1, 0.15) is 33.1 Å². The van der Waals surface area contributed by atoms with Crippen molar-refractivity contribution in [2.24, 2.45) is 5.73 Å². The van der Waals surface area contributed by atoms with Crippen molar-refractivity contribution in [1.29, 1.82) is 0 Å². The molecular formula is C11H22N2O2. The van der Waals surface area contributed by atoms with Crippen molar-refractivity contribution in [2.75, 3.05) is 20.2 Å². The molecule has 4 heteroatoms. The van der Waals surface area contributed by atoms with Crippen molar-refractivity contribution >= 4 is 5.91 Å². The Kier molecular flexibility index (Phi) is 4.11. The second-order valence-electron chi connectivity index (χ2n) is 4.77. The van der Waals surface area contributed by atoms with Crippen molar-refractivity contribution in [3.8, 4) is 0 Å². The second-order valence-corrected chi connectivity index (χ2v) is 4.77. The van der Waals surface area contributed by atoms with Crippen LogP contribution in [-0.2, 0) is 9.53 Å². The maximum Gasteiger partial charge on any atom is 0.251 e. The van der Waals surface area contributed by atoms with Gasteiger partial charge in [-0.25, -0.2) is 0 Å². The smallest absolute Gasteiger partial charge is 0.251 e. The molecule has 15 heavy (non-hydrogen) atoms. The lowest BCUT2D eigenvalue weighted by molar-refractivity contribution is -0.149. The van der Waals surface area contributed by atoms with Crippen LogP contribution >= 0.6 is 0 Å². The Balaban J connectivity index is 2.58. The Morgan fingerprint density at radius 3 is 2.67 bits per heavy atom. The fraction of sp³-hybridized carbons (Fsp3) is 0.909. The molecule has 1 aliphatic heterocycles. The zero-order chi connectivity index (χ0) is 11.5. The molecule has 2 N–H and O–H groups in total. The zero-order valence-corrected chi connectivity index (χ0v) is 9.95. The number of amides is 1. The molecule has 4 nitrogen and oxygen atoms in total. The highest BCUT2D eigenvalue weighted by Gasteiger charge is 2.32. The second kappa shape index (κ2) is 4.94. The summed E-state index contributed by atoms with van der Waals surface area (Å²) in [5.41, 5.74) is 5.35. The summed E-state index contributed by atoms with van der Waals surface area (Å²) in [6.45, 7) is 5.09. The van der Waals surface area contributed by atoms with Gasteiger partial charge >= 0.3 is 0 Å². The Hall–Kier alpha value is -0.610. The molecule has 0 spiro atoms. The van der Waals surface area contributed by atoms with Crippen LogP contribution in [0, 0.1) is 0 Å². The Morgan fingerprint density at radius 1 is 1.53 bits per heavy atom. The summed E-state index contributed by atoms with van der Waals surface area (Å²) >= 11 is 0. The van der Waals surface area contributed by atoms with Crippen LogP contribution in [0.25, 0.3) is 0 Å². The van der Waals surface area contributed by atoms with Crippen LogP contribution in [0.15, 0.2) is 0 Å². The third-order valence-corrected chi connectivity index (χ3v) is 3.19. The fourth-order valence-corrected chi connectivity index (χ4v) is 1.59. The average molecular weight is 214 g/mol. The highest BCUT2D eigenvalue weighted by molar-refractivity contribution is 5.81. The van der Waals surface area contributed by atoms with E-state index < -0.39 is 0 Å². The van der Waals surface area contributed by atoms with Gasteiger partial charge in [-0.2, -0.15) is 0 Å². The van der Waals surface area contributed by atoms with Gasteiger partial charge in [0, 0.05) is 25.7 Å². The average Bonchev–Trinajstić information content (AvgIpc) is 2.28. The number of hydrogen-bond acceptors (Lipinski definition) is 3. The van der Waals surface area contributed by atoms with Gasteiger partial charge in [0.15, 0.2) is 0 Å². The van der Waals surface area contributed by atoms with Gasteiger partial charge in [0.2, 0.25) is 0 Å². The first kappa shape index (κ1) is 12.5. The minimum atomic E-state index is -0.294. The topological polar surface area (TPSA) is 55.6 Å². The number of ether oxygens (including phenoxy) is 1. The molecule has 0 saturated carbocycles. The molecule has 1 amide bonds. The minimum absolute atomic E-state index is 0.0603. The first-order valence-electron chi connectivity index (χ1n) is 5.58. The van der Waals surface area contributed by atoms with Crippen LogP contribution in [-0.4, -0.2) is 42.6 Å². The van der Waals surface area contributed by atoms with Crippen LogP contribution in [0.5, 0.6) is 0 Å². The van der Waals surface area contributed by atoms with Gasteiger partial charge in [-0.15, -0.1) is 0 Å². The molecule has 1 heterocycles. The van der Waals surface area contributed by atoms with E-state index in [2.05, 4.69) is 0 Å². The van der Waals surface area contributed by atoms with E-state index in [1.807, 2.05) is 13.8 Å². The highest BCUT2D eigenvalue weighted by atomic mass is 16.5. The summed E-state index contributed by atoms with van der Waals surface area (Å²) in [6.07, 6.45) is 2.72. The predicted octanol–water partition coefficient (Wildman–Crippen LogP) is 0.751. The number of nitrogens with two attached hydrogens (primary N) is 1. The molecule has 0 aromatic heterocycles. The summed E-state index contributed by atoms with van der Waals surface area (Å²) in [5.74, 6) is 0.0603. The number of nitrogens with zero attached hydrogens (tertiary/aromatic N) is 1. The predicted molar refractivity (Wildman–Crippen MR) is 59.5 cm³/mol. The number of carbonyl (C=O) groups is 1. The van der Waals surface area contributed by atoms with Crippen molar-refractivity contribution in [3.05, 3.63) is 0 Å². The molecule has 0 bridgehead atoms. The van der Waals surface area contributed by atoms with E-state index in [4.69, 9.17) is 10.5 Å². The summed E-state index contributed by atoms with van der Waals surface area (Å²) in [4.78, 5) is 13.8. The summed E-state index contributed by atoms with van der Waals surface area (Å²) < 4.78 is 5.47. The van der Waals surface area contributed by atoms with Crippen LogP contribution in [0.3, 0.4) is 0 Å². The van der Waals surface area contributed by atoms with E-state index in [0.29, 0.717) is 13.2 Å². The standard InChI is InChI=1S/C11H22N2O2/c1-11(2,8-12)13(3)10(14)9-6-4-5-7-15-9/h9H,4-8,12H2,1-3H3. The third kappa shape index (κ3) is 2.92. The SMILES string of the molecule is CN(C(=O)C1CCCCO1)C(C)(C)CN. The van der Waals surface area contributed by atoms with E-state index in [9.17, 15) is 4.79 Å². The van der Waals surface area contributed by atoms with E-state index in [1.54, 1.807) is 11.9 Å². The first-order chi connectivity index (χ1) is 6.99. The highest BCUT2D eigenvalue weighted by Crippen LogP contribution is 2.18. The molecule has 0 aromatic rings. The van der Waals surface area contributed by atoms with Gasteiger partial charge in [-0.3, -0.25) is 4.79 Å². The van der Waals surface area contributed by atoms with Gasteiger partial charge in [0.25, 0.3) is 5.91 Å². The van der Waals surface area contributed by atoms with E-state index in [-0.39, 0.29) is 17.6 Å². The molecule has 0 aliphatic carbocycles. The Bertz CT molecular complexity index is 223. The van der Waals surface area contributed by atoms with Gasteiger partial charge in [0.05, 0.1) is 0 Å². The third-order valence-electron chi connectivity index (χ3n) is 3.19. The van der Waals surface area contributed by atoms with Crippen LogP contribution in [0.4, 0.5) is 0 Å². The quantitative estimate of drug-likeness (QED) is 0.754. The summed E-state index contributed by atoms with van der Waals surface area (Å²) in [5, 5.41) is 0. The molecule has 1 atom stereocenters. The van der Waals surface area contributed by atoms with Gasteiger partial charge < -0.3 is 15.4 Å². The minimum Gasteiger partial charge on any atom is -0.368 e. The van der Waals surface area contributed by atoms with E-state index in [0.717, 1.165) is 19.3 Å².